The molecule has 2 fully saturated rings. The highest BCUT2D eigenvalue weighted by Gasteiger charge is 2.52. The Kier molecular flexibility index (Phi) is 3.84. The number of hydrogen-bond acceptors (Lipinski definition) is 2. The van der Waals surface area contributed by atoms with Gasteiger partial charge >= 0.3 is 0 Å². The Morgan fingerprint density at radius 3 is 2.00 bits per heavy atom. The Morgan fingerprint density at radius 2 is 1.53 bits per heavy atom. The van der Waals surface area contributed by atoms with E-state index in [0.717, 1.165) is 25.7 Å². The lowest BCUT2D eigenvalue weighted by molar-refractivity contribution is -0.163. The predicted octanol–water partition coefficient (Wildman–Crippen LogP) is 3.12. The zero-order chi connectivity index (χ0) is 12.5. The van der Waals surface area contributed by atoms with E-state index in [1.54, 1.807) is 0 Å². The second-order valence-electron chi connectivity index (χ2n) is 6.88. The van der Waals surface area contributed by atoms with Crippen molar-refractivity contribution in [2.24, 2.45) is 17.3 Å². The molecule has 2 aliphatic carbocycles. The molecular formula is C15H28O2. The summed E-state index contributed by atoms with van der Waals surface area (Å²) in [6.45, 7) is 4.66. The maximum absolute atomic E-state index is 11.1. The summed E-state index contributed by atoms with van der Waals surface area (Å²) in [5.41, 5.74) is -0.812. The van der Waals surface area contributed by atoms with Crippen LogP contribution in [0.4, 0.5) is 0 Å². The highest BCUT2D eigenvalue weighted by atomic mass is 16.3. The minimum atomic E-state index is -0.612. The molecule has 2 N–H and O–H groups in total. The van der Waals surface area contributed by atoms with Crippen molar-refractivity contribution in [3.63, 3.8) is 0 Å². The van der Waals surface area contributed by atoms with E-state index in [1.165, 1.54) is 25.7 Å². The molecule has 0 bridgehead atoms. The summed E-state index contributed by atoms with van der Waals surface area (Å²) in [6.07, 6.45) is 8.64. The fourth-order valence-corrected chi connectivity index (χ4v) is 4.52. The molecule has 2 aliphatic rings. The Bertz CT molecular complexity index is 246. The van der Waals surface area contributed by atoms with Crippen molar-refractivity contribution in [1.29, 1.82) is 0 Å². The fourth-order valence-electron chi connectivity index (χ4n) is 4.52. The number of rotatable bonds is 2. The number of hydrogen-bond donors (Lipinski definition) is 2. The van der Waals surface area contributed by atoms with Gasteiger partial charge in [-0.15, -0.1) is 0 Å². The first-order valence-corrected chi connectivity index (χ1v) is 7.35. The minimum Gasteiger partial charge on any atom is -0.396 e. The smallest absolute Gasteiger partial charge is 0.0730 e. The van der Waals surface area contributed by atoms with E-state index in [4.69, 9.17) is 0 Å². The topological polar surface area (TPSA) is 40.5 Å². The second kappa shape index (κ2) is 4.89. The number of aliphatic hydroxyl groups is 2. The van der Waals surface area contributed by atoms with E-state index in [9.17, 15) is 10.2 Å². The summed E-state index contributed by atoms with van der Waals surface area (Å²) in [4.78, 5) is 0. The van der Waals surface area contributed by atoms with E-state index < -0.39 is 5.60 Å². The molecule has 2 saturated carbocycles. The summed E-state index contributed by atoms with van der Waals surface area (Å²) < 4.78 is 0. The average molecular weight is 240 g/mol. The van der Waals surface area contributed by atoms with Gasteiger partial charge in [-0.1, -0.05) is 33.1 Å². The summed E-state index contributed by atoms with van der Waals surface area (Å²) >= 11 is 0. The first-order valence-electron chi connectivity index (χ1n) is 7.35. The van der Waals surface area contributed by atoms with Crippen molar-refractivity contribution in [3.8, 4) is 0 Å². The zero-order valence-corrected chi connectivity index (χ0v) is 11.4. The quantitative estimate of drug-likeness (QED) is 0.778. The molecule has 0 saturated heterocycles. The second-order valence-corrected chi connectivity index (χ2v) is 6.88. The summed E-state index contributed by atoms with van der Waals surface area (Å²) in [5, 5.41) is 21.0. The van der Waals surface area contributed by atoms with Crippen LogP contribution in [0.2, 0.25) is 0 Å². The lowest BCUT2D eigenvalue weighted by atomic mass is 9.56. The highest BCUT2D eigenvalue weighted by Crippen LogP contribution is 2.52. The molecule has 0 heterocycles. The first-order chi connectivity index (χ1) is 8.01. The Morgan fingerprint density at radius 1 is 1.00 bits per heavy atom. The lowest BCUT2D eigenvalue weighted by Gasteiger charge is -2.53. The summed E-state index contributed by atoms with van der Waals surface area (Å²) in [6, 6.07) is 0. The van der Waals surface area contributed by atoms with Crippen LogP contribution in [-0.4, -0.2) is 22.4 Å². The van der Waals surface area contributed by atoms with Gasteiger partial charge in [0.25, 0.3) is 0 Å². The Hall–Kier alpha value is -0.0800. The molecule has 2 heteroatoms. The van der Waals surface area contributed by atoms with Crippen LogP contribution in [0.1, 0.15) is 65.2 Å². The molecule has 100 valence electrons. The predicted molar refractivity (Wildman–Crippen MR) is 69.7 cm³/mol. The van der Waals surface area contributed by atoms with Gasteiger partial charge in [-0.25, -0.2) is 0 Å². The minimum absolute atomic E-state index is 0.170. The van der Waals surface area contributed by atoms with Gasteiger partial charge in [0, 0.05) is 5.41 Å². The van der Waals surface area contributed by atoms with E-state index >= 15 is 0 Å². The average Bonchev–Trinajstić information content (AvgIpc) is 2.28. The molecule has 0 spiro atoms. The van der Waals surface area contributed by atoms with Crippen LogP contribution in [0.3, 0.4) is 0 Å². The van der Waals surface area contributed by atoms with Gasteiger partial charge in [-0.05, 0) is 43.9 Å². The van der Waals surface area contributed by atoms with Crippen molar-refractivity contribution in [1.82, 2.24) is 0 Å². The van der Waals surface area contributed by atoms with Crippen molar-refractivity contribution in [2.45, 2.75) is 70.8 Å². The standard InChI is InChI=1S/C15H28O2/c1-12-8-13(2)10-15(17,9-12)14(11-16)6-4-3-5-7-14/h12-13,16-17H,3-11H2,1-2H3. The third-order valence-corrected chi connectivity index (χ3v) is 5.28. The molecule has 0 aromatic rings. The normalized spacial score (nSPS) is 42.4. The van der Waals surface area contributed by atoms with E-state index in [0.29, 0.717) is 11.8 Å². The maximum atomic E-state index is 11.1. The van der Waals surface area contributed by atoms with Crippen molar-refractivity contribution in [3.05, 3.63) is 0 Å². The van der Waals surface area contributed by atoms with Crippen LogP contribution >= 0.6 is 0 Å². The highest BCUT2D eigenvalue weighted by molar-refractivity contribution is 5.03. The van der Waals surface area contributed by atoms with Crippen molar-refractivity contribution < 1.29 is 10.2 Å². The molecule has 2 atom stereocenters. The van der Waals surface area contributed by atoms with Crippen LogP contribution in [0, 0.1) is 17.3 Å². The molecule has 2 nitrogen and oxygen atoms in total. The molecule has 0 aromatic heterocycles. The summed E-state index contributed by atoms with van der Waals surface area (Å²) in [7, 11) is 0. The van der Waals surface area contributed by atoms with Crippen molar-refractivity contribution in [2.75, 3.05) is 6.61 Å². The molecule has 0 aliphatic heterocycles. The molecule has 2 rings (SSSR count). The van der Waals surface area contributed by atoms with Crippen LogP contribution in [-0.2, 0) is 0 Å². The first kappa shape index (κ1) is 13.4. The third kappa shape index (κ3) is 2.39. The lowest BCUT2D eigenvalue weighted by Crippen LogP contribution is -2.55. The van der Waals surface area contributed by atoms with Gasteiger partial charge < -0.3 is 10.2 Å². The zero-order valence-electron chi connectivity index (χ0n) is 11.4. The fraction of sp³-hybridized carbons (Fsp3) is 1.00. The van der Waals surface area contributed by atoms with Crippen LogP contribution in [0.25, 0.3) is 0 Å². The van der Waals surface area contributed by atoms with Crippen LogP contribution in [0.5, 0.6) is 0 Å². The Balaban J connectivity index is 2.21. The largest absolute Gasteiger partial charge is 0.396 e. The Labute approximate surface area is 105 Å². The van der Waals surface area contributed by atoms with Gasteiger partial charge in [0.2, 0.25) is 0 Å². The van der Waals surface area contributed by atoms with Crippen LogP contribution in [0.15, 0.2) is 0 Å². The van der Waals surface area contributed by atoms with Crippen LogP contribution < -0.4 is 0 Å². The SMILES string of the molecule is CC1CC(C)CC(O)(C2(CO)CCCCC2)C1. The molecule has 17 heavy (non-hydrogen) atoms. The van der Waals surface area contributed by atoms with Gasteiger partial charge in [0.15, 0.2) is 0 Å². The van der Waals surface area contributed by atoms with Gasteiger partial charge in [-0.3, -0.25) is 0 Å². The molecule has 2 unspecified atom stereocenters. The summed E-state index contributed by atoms with van der Waals surface area (Å²) in [5.74, 6) is 1.18. The molecular weight excluding hydrogens is 212 g/mol. The maximum Gasteiger partial charge on any atom is 0.0730 e. The molecule has 0 radical (unpaired) electrons. The van der Waals surface area contributed by atoms with E-state index in [2.05, 4.69) is 13.8 Å². The van der Waals surface area contributed by atoms with Gasteiger partial charge in [0.1, 0.15) is 0 Å². The molecule has 0 amide bonds. The van der Waals surface area contributed by atoms with Gasteiger partial charge in [-0.2, -0.15) is 0 Å². The number of aliphatic hydroxyl groups excluding tert-OH is 1. The van der Waals surface area contributed by atoms with E-state index in [-0.39, 0.29) is 12.0 Å². The van der Waals surface area contributed by atoms with Gasteiger partial charge in [0.05, 0.1) is 12.2 Å². The van der Waals surface area contributed by atoms with E-state index in [1.807, 2.05) is 0 Å². The monoisotopic (exact) mass is 240 g/mol. The van der Waals surface area contributed by atoms with Crippen molar-refractivity contribution >= 4 is 0 Å². The molecule has 0 aromatic carbocycles. The third-order valence-electron chi connectivity index (χ3n) is 5.28.